The smallest absolute Gasteiger partial charge is 0.262 e. The van der Waals surface area contributed by atoms with Crippen LogP contribution in [0.1, 0.15) is 16.7 Å². The molecule has 0 spiro atoms. The van der Waals surface area contributed by atoms with Crippen LogP contribution in [0.5, 0.6) is 5.75 Å². The monoisotopic (exact) mass is 442 g/mol. The molecule has 0 atom stereocenters. The van der Waals surface area contributed by atoms with Gasteiger partial charge in [0.15, 0.2) is 6.61 Å². The van der Waals surface area contributed by atoms with E-state index in [2.05, 4.69) is 10.6 Å². The molecule has 0 saturated heterocycles. The first kappa shape index (κ1) is 22.2. The zero-order valence-corrected chi connectivity index (χ0v) is 18.3. The van der Waals surface area contributed by atoms with Crippen LogP contribution in [0.3, 0.4) is 0 Å². The molecule has 3 aromatic carbocycles. The van der Waals surface area contributed by atoms with E-state index >= 15 is 0 Å². The Morgan fingerprint density at radius 2 is 1.63 bits per heavy atom. The molecule has 0 heterocycles. The third-order valence-corrected chi connectivity index (χ3v) is 5.02. The first-order valence-corrected chi connectivity index (χ1v) is 10.5. The van der Waals surface area contributed by atoms with Crippen molar-refractivity contribution in [3.8, 4) is 5.75 Å². The van der Waals surface area contributed by atoms with E-state index < -0.39 is 0 Å². The Morgan fingerprint density at radius 3 is 2.37 bits per heavy atom. The Hall–Kier alpha value is -2.53. The minimum Gasteiger partial charge on any atom is -0.483 e. The zero-order chi connectivity index (χ0) is 21.3. The van der Waals surface area contributed by atoms with Crippen LogP contribution in [0, 0.1) is 6.92 Å². The average Bonchev–Trinajstić information content (AvgIpc) is 2.73. The van der Waals surface area contributed by atoms with Gasteiger partial charge in [-0.3, -0.25) is 4.79 Å². The van der Waals surface area contributed by atoms with Crippen LogP contribution in [0.25, 0.3) is 0 Å². The Labute approximate surface area is 187 Å². The Balaban J connectivity index is 1.50. The van der Waals surface area contributed by atoms with Gasteiger partial charge >= 0.3 is 0 Å². The lowest BCUT2D eigenvalue weighted by molar-refractivity contribution is -0.118. The van der Waals surface area contributed by atoms with Gasteiger partial charge in [0, 0.05) is 27.8 Å². The Morgan fingerprint density at radius 1 is 0.933 bits per heavy atom. The summed E-state index contributed by atoms with van der Waals surface area (Å²) in [7, 11) is 0. The van der Waals surface area contributed by atoms with Crippen molar-refractivity contribution < 1.29 is 9.53 Å². The van der Waals surface area contributed by atoms with Crippen LogP contribution < -0.4 is 15.4 Å². The van der Waals surface area contributed by atoms with Crippen molar-refractivity contribution in [1.29, 1.82) is 0 Å². The number of ether oxygens (including phenoxy) is 1. The van der Waals surface area contributed by atoms with Gasteiger partial charge in [0.1, 0.15) is 5.75 Å². The number of nitrogens with one attached hydrogen (secondary N) is 2. The summed E-state index contributed by atoms with van der Waals surface area (Å²) in [6.07, 6.45) is 0.882. The van der Waals surface area contributed by atoms with E-state index in [1.807, 2.05) is 61.5 Å². The highest BCUT2D eigenvalue weighted by molar-refractivity contribution is 6.30. The van der Waals surface area contributed by atoms with Gasteiger partial charge in [-0.25, -0.2) is 0 Å². The molecule has 1 amide bonds. The van der Waals surface area contributed by atoms with Gasteiger partial charge in [-0.15, -0.1) is 0 Å². The molecule has 30 heavy (non-hydrogen) atoms. The summed E-state index contributed by atoms with van der Waals surface area (Å²) < 4.78 is 5.75. The third kappa shape index (κ3) is 7.06. The van der Waals surface area contributed by atoms with Crippen LogP contribution >= 0.6 is 23.2 Å². The Kier molecular flexibility index (Phi) is 8.14. The lowest BCUT2D eigenvalue weighted by atomic mass is 10.1. The van der Waals surface area contributed by atoms with Gasteiger partial charge < -0.3 is 15.4 Å². The van der Waals surface area contributed by atoms with E-state index in [0.717, 1.165) is 34.8 Å². The molecular weight excluding hydrogens is 419 g/mol. The number of amides is 1. The molecule has 0 aliphatic heterocycles. The molecule has 4 nitrogen and oxygen atoms in total. The van der Waals surface area contributed by atoms with Crippen LogP contribution in [0.2, 0.25) is 10.0 Å². The van der Waals surface area contributed by atoms with Crippen molar-refractivity contribution in [2.45, 2.75) is 19.9 Å². The highest BCUT2D eigenvalue weighted by atomic mass is 35.5. The maximum absolute atomic E-state index is 12.2. The summed E-state index contributed by atoms with van der Waals surface area (Å²) >= 11 is 12.1. The number of carbonyl (C=O) groups is 1. The number of rotatable bonds is 9. The number of benzene rings is 3. The standard InChI is InChI=1S/C24H24Cl2N2O2/c1-17-2-9-22(10-3-17)28-24(29)16-30-23-11-8-21(26)14-19(23)15-27-13-12-18-4-6-20(25)7-5-18/h2-11,14,27H,12-13,15-16H2,1H3,(H,28,29). The van der Waals surface area contributed by atoms with Crippen LogP contribution in [-0.4, -0.2) is 19.1 Å². The molecule has 3 rings (SSSR count). The quantitative estimate of drug-likeness (QED) is 0.420. The summed E-state index contributed by atoms with van der Waals surface area (Å²) in [6, 6.07) is 20.8. The molecule has 0 fully saturated rings. The minimum atomic E-state index is -0.213. The van der Waals surface area contributed by atoms with E-state index in [-0.39, 0.29) is 12.5 Å². The molecule has 0 bridgehead atoms. The first-order chi connectivity index (χ1) is 14.5. The lowest BCUT2D eigenvalue weighted by Gasteiger charge is -2.13. The number of aryl methyl sites for hydroxylation is 1. The molecule has 0 radical (unpaired) electrons. The normalized spacial score (nSPS) is 10.6. The molecule has 2 N–H and O–H groups in total. The average molecular weight is 443 g/mol. The van der Waals surface area contributed by atoms with Crippen molar-refractivity contribution in [3.63, 3.8) is 0 Å². The van der Waals surface area contributed by atoms with Gasteiger partial charge in [-0.05, 0) is 67.9 Å². The summed E-state index contributed by atoms with van der Waals surface area (Å²) in [4.78, 5) is 12.2. The van der Waals surface area contributed by atoms with E-state index in [4.69, 9.17) is 27.9 Å². The highest BCUT2D eigenvalue weighted by Crippen LogP contribution is 2.23. The molecule has 0 aliphatic carbocycles. The molecule has 6 heteroatoms. The van der Waals surface area contributed by atoms with Gasteiger partial charge in [-0.2, -0.15) is 0 Å². The second kappa shape index (κ2) is 11.0. The van der Waals surface area contributed by atoms with Crippen LogP contribution in [0.4, 0.5) is 5.69 Å². The molecule has 0 unspecified atom stereocenters. The zero-order valence-electron chi connectivity index (χ0n) is 16.8. The molecule has 0 aromatic heterocycles. The first-order valence-electron chi connectivity index (χ1n) is 9.72. The molecule has 0 aliphatic rings. The van der Waals surface area contributed by atoms with Gasteiger partial charge in [-0.1, -0.05) is 53.0 Å². The molecule has 0 saturated carbocycles. The predicted octanol–water partition coefficient (Wildman–Crippen LogP) is 5.65. The third-order valence-electron chi connectivity index (χ3n) is 4.54. The minimum absolute atomic E-state index is 0.0761. The van der Waals surface area contributed by atoms with E-state index in [1.54, 1.807) is 12.1 Å². The summed E-state index contributed by atoms with van der Waals surface area (Å²) in [6.45, 7) is 3.30. The van der Waals surface area contributed by atoms with Gasteiger partial charge in [0.2, 0.25) is 0 Å². The van der Waals surface area contributed by atoms with Crippen molar-refractivity contribution in [1.82, 2.24) is 5.32 Å². The lowest BCUT2D eigenvalue weighted by Crippen LogP contribution is -2.21. The second-order valence-electron chi connectivity index (χ2n) is 7.01. The molecule has 3 aromatic rings. The summed E-state index contributed by atoms with van der Waals surface area (Å²) in [5.74, 6) is 0.424. The largest absolute Gasteiger partial charge is 0.483 e. The van der Waals surface area contributed by atoms with Crippen molar-refractivity contribution in [2.24, 2.45) is 0 Å². The predicted molar refractivity (Wildman–Crippen MR) is 124 cm³/mol. The number of hydrogen-bond donors (Lipinski definition) is 2. The number of anilines is 1. The van der Waals surface area contributed by atoms with Crippen molar-refractivity contribution in [2.75, 3.05) is 18.5 Å². The maximum Gasteiger partial charge on any atom is 0.262 e. The van der Waals surface area contributed by atoms with Gasteiger partial charge in [0.25, 0.3) is 5.91 Å². The van der Waals surface area contributed by atoms with E-state index in [9.17, 15) is 4.79 Å². The number of hydrogen-bond acceptors (Lipinski definition) is 3. The van der Waals surface area contributed by atoms with Crippen LogP contribution in [-0.2, 0) is 17.8 Å². The topological polar surface area (TPSA) is 50.4 Å². The highest BCUT2D eigenvalue weighted by Gasteiger charge is 2.09. The van der Waals surface area contributed by atoms with E-state index in [1.165, 1.54) is 5.56 Å². The fourth-order valence-corrected chi connectivity index (χ4v) is 3.23. The van der Waals surface area contributed by atoms with Gasteiger partial charge in [0.05, 0.1) is 0 Å². The molecular formula is C24H24Cl2N2O2. The Bertz CT molecular complexity index is 974. The summed E-state index contributed by atoms with van der Waals surface area (Å²) in [5, 5.41) is 7.58. The van der Waals surface area contributed by atoms with Crippen molar-refractivity contribution >= 4 is 34.8 Å². The van der Waals surface area contributed by atoms with Crippen LogP contribution in [0.15, 0.2) is 66.7 Å². The number of halogens is 2. The number of carbonyl (C=O) groups excluding carboxylic acids is 1. The summed E-state index contributed by atoms with van der Waals surface area (Å²) in [5.41, 5.74) is 4.00. The SMILES string of the molecule is Cc1ccc(NC(=O)COc2ccc(Cl)cc2CNCCc2ccc(Cl)cc2)cc1. The van der Waals surface area contributed by atoms with E-state index in [0.29, 0.717) is 17.3 Å². The maximum atomic E-state index is 12.2. The second-order valence-corrected chi connectivity index (χ2v) is 7.88. The molecule has 156 valence electrons. The fourth-order valence-electron chi connectivity index (χ4n) is 2.91. The van der Waals surface area contributed by atoms with Crippen molar-refractivity contribution in [3.05, 3.63) is 93.5 Å². The fraction of sp³-hybridized carbons (Fsp3) is 0.208.